The van der Waals surface area contributed by atoms with E-state index in [1.54, 1.807) is 0 Å². The number of hydrogen-bond acceptors (Lipinski definition) is 6. The van der Waals surface area contributed by atoms with Gasteiger partial charge >= 0.3 is 0 Å². The highest BCUT2D eigenvalue weighted by molar-refractivity contribution is 8.15. The molecule has 0 aliphatic carbocycles. The number of H-pyrrole nitrogens is 1. The number of amides is 1. The summed E-state index contributed by atoms with van der Waals surface area (Å²) >= 11 is 1.38. The number of aliphatic imine (C=N–C) groups is 2. The molecule has 0 radical (unpaired) electrons. The molecule has 3 aromatic rings. The van der Waals surface area contributed by atoms with E-state index in [9.17, 15) is 4.79 Å². The van der Waals surface area contributed by atoms with Crippen molar-refractivity contribution in [2.75, 3.05) is 11.4 Å². The van der Waals surface area contributed by atoms with Crippen molar-refractivity contribution in [3.05, 3.63) is 65.9 Å². The molecule has 0 saturated heterocycles. The molecule has 2 atom stereocenters. The maximum absolute atomic E-state index is 13.1. The van der Waals surface area contributed by atoms with Gasteiger partial charge in [0, 0.05) is 34.9 Å². The zero-order valence-electron chi connectivity index (χ0n) is 16.5. The number of carbonyl (C=O) groups excluding carboxylic acids is 1. The van der Waals surface area contributed by atoms with Crippen molar-refractivity contribution >= 4 is 45.4 Å². The lowest BCUT2D eigenvalue weighted by atomic mass is 10.1. The summed E-state index contributed by atoms with van der Waals surface area (Å²) in [6.07, 6.45) is 2.36. The summed E-state index contributed by atoms with van der Waals surface area (Å²) in [5.41, 5.74) is 10.2. The minimum Gasteiger partial charge on any atom is -0.370 e. The number of nitrogens with one attached hydrogen (secondary N) is 2. The minimum atomic E-state index is -0.445. The fourth-order valence-electron chi connectivity index (χ4n) is 3.96. The Balaban J connectivity index is 1.36. The summed E-state index contributed by atoms with van der Waals surface area (Å²) < 4.78 is 0. The van der Waals surface area contributed by atoms with Gasteiger partial charge in [-0.2, -0.15) is 0 Å². The van der Waals surface area contributed by atoms with Crippen LogP contribution in [0.2, 0.25) is 0 Å². The Morgan fingerprint density at radius 2 is 2.00 bits per heavy atom. The van der Waals surface area contributed by atoms with E-state index in [0.29, 0.717) is 17.7 Å². The van der Waals surface area contributed by atoms with Crippen LogP contribution in [0.3, 0.4) is 0 Å². The lowest BCUT2D eigenvalue weighted by Gasteiger charge is -2.24. The fraction of sp³-hybridized carbons (Fsp3) is 0.227. The van der Waals surface area contributed by atoms with Crippen LogP contribution in [0.15, 0.2) is 64.7 Å². The van der Waals surface area contributed by atoms with Crippen LogP contribution in [-0.2, 0) is 11.2 Å². The molecule has 2 aliphatic heterocycles. The second kappa shape index (κ2) is 7.53. The van der Waals surface area contributed by atoms with Gasteiger partial charge in [0.05, 0.1) is 5.25 Å². The van der Waals surface area contributed by atoms with Gasteiger partial charge in [-0.25, -0.2) is 9.98 Å². The Hall–Kier alpha value is -3.26. The first-order valence-electron chi connectivity index (χ1n) is 9.90. The van der Waals surface area contributed by atoms with Gasteiger partial charge in [-0.1, -0.05) is 48.2 Å². The van der Waals surface area contributed by atoms with Gasteiger partial charge in [0.25, 0.3) is 0 Å². The molecule has 7 nitrogen and oxygen atoms in total. The van der Waals surface area contributed by atoms with Crippen LogP contribution >= 0.6 is 11.8 Å². The Morgan fingerprint density at radius 3 is 2.90 bits per heavy atom. The van der Waals surface area contributed by atoms with Crippen LogP contribution in [0.25, 0.3) is 10.9 Å². The number of thioether (sulfide) groups is 1. The first kappa shape index (κ1) is 18.7. The number of aromatic nitrogens is 1. The standard InChI is InChI=1S/C22H22N6OS/c1-13(20(29)28-11-10-14-6-2-5-9-18(14)28)30-22-26-19(25-21(23)27-22)16-12-24-17-8-4-3-7-15(16)17/h2-9,12-13,19,24H,10-11H2,1H3,(H3,23,25,26,27)/t13-,19+/m0/s1. The minimum absolute atomic E-state index is 0.0687. The van der Waals surface area contributed by atoms with Gasteiger partial charge in [0.2, 0.25) is 5.91 Å². The first-order valence-corrected chi connectivity index (χ1v) is 10.8. The highest BCUT2D eigenvalue weighted by Gasteiger charge is 2.30. The maximum Gasteiger partial charge on any atom is 0.240 e. The number of guanidine groups is 1. The highest BCUT2D eigenvalue weighted by Crippen LogP contribution is 2.32. The number of rotatable bonds is 3. The molecule has 1 amide bonds. The molecule has 5 rings (SSSR count). The summed E-state index contributed by atoms with van der Waals surface area (Å²) in [6, 6.07) is 16.1. The Kier molecular flexibility index (Phi) is 4.71. The highest BCUT2D eigenvalue weighted by atomic mass is 32.2. The zero-order valence-corrected chi connectivity index (χ0v) is 17.3. The van der Waals surface area contributed by atoms with Crippen molar-refractivity contribution in [1.29, 1.82) is 0 Å². The van der Waals surface area contributed by atoms with Crippen molar-refractivity contribution in [3.63, 3.8) is 0 Å². The third-order valence-corrected chi connectivity index (χ3v) is 6.41. The topological polar surface area (TPSA) is 98.9 Å². The predicted molar refractivity (Wildman–Crippen MR) is 123 cm³/mol. The number of nitrogens with two attached hydrogens (primary N) is 1. The van der Waals surface area contributed by atoms with Gasteiger partial charge in [0.1, 0.15) is 0 Å². The molecule has 152 valence electrons. The van der Waals surface area contributed by atoms with Crippen LogP contribution in [0.4, 0.5) is 5.69 Å². The Morgan fingerprint density at radius 1 is 1.20 bits per heavy atom. The van der Waals surface area contributed by atoms with Gasteiger partial charge in [-0.15, -0.1) is 0 Å². The van der Waals surface area contributed by atoms with Crippen molar-refractivity contribution in [2.45, 2.75) is 24.8 Å². The second-order valence-electron chi connectivity index (χ2n) is 7.37. The van der Waals surface area contributed by atoms with Crippen LogP contribution < -0.4 is 16.0 Å². The SMILES string of the molecule is C[C@H](SC1=N[C@H](c2c[nH]c3ccccc23)N=C(N)N1)C(=O)N1CCc2ccccc21. The van der Waals surface area contributed by atoms with E-state index >= 15 is 0 Å². The average molecular weight is 419 g/mol. The molecule has 0 fully saturated rings. The monoisotopic (exact) mass is 418 g/mol. The van der Waals surface area contributed by atoms with E-state index in [-0.39, 0.29) is 11.2 Å². The molecule has 2 aromatic carbocycles. The quantitative estimate of drug-likeness (QED) is 0.608. The van der Waals surface area contributed by atoms with Crippen molar-refractivity contribution < 1.29 is 4.79 Å². The fourth-order valence-corrected chi connectivity index (χ4v) is 4.84. The van der Waals surface area contributed by atoms with E-state index < -0.39 is 6.17 Å². The molecular formula is C22H22N6OS. The number of nitrogens with zero attached hydrogens (tertiary/aromatic N) is 3. The number of carbonyl (C=O) groups is 1. The summed E-state index contributed by atoms with van der Waals surface area (Å²) in [7, 11) is 0. The van der Waals surface area contributed by atoms with Gasteiger partial charge < -0.3 is 20.9 Å². The number of hydrogen-bond donors (Lipinski definition) is 3. The summed E-state index contributed by atoms with van der Waals surface area (Å²) in [5.74, 6) is 0.369. The van der Waals surface area contributed by atoms with Gasteiger partial charge in [-0.3, -0.25) is 4.79 Å². The summed E-state index contributed by atoms with van der Waals surface area (Å²) in [6.45, 7) is 2.62. The Labute approximate surface area is 178 Å². The van der Waals surface area contributed by atoms with Gasteiger partial charge in [0.15, 0.2) is 17.3 Å². The van der Waals surface area contributed by atoms with E-state index in [1.807, 2.05) is 60.5 Å². The third-order valence-electron chi connectivity index (χ3n) is 5.42. The summed E-state index contributed by atoms with van der Waals surface area (Å²) in [4.78, 5) is 27.4. The number of fused-ring (bicyclic) bond motifs is 2. The van der Waals surface area contributed by atoms with E-state index in [0.717, 1.165) is 28.6 Å². The molecule has 3 heterocycles. The van der Waals surface area contributed by atoms with Crippen molar-refractivity contribution in [1.82, 2.24) is 10.3 Å². The molecule has 8 heteroatoms. The zero-order chi connectivity index (χ0) is 20.7. The maximum atomic E-state index is 13.1. The molecule has 30 heavy (non-hydrogen) atoms. The molecule has 2 aliphatic rings. The van der Waals surface area contributed by atoms with Gasteiger partial charge in [-0.05, 0) is 31.0 Å². The lowest BCUT2D eigenvalue weighted by molar-refractivity contribution is -0.117. The molecule has 1 aromatic heterocycles. The van der Waals surface area contributed by atoms with Crippen LogP contribution in [0.1, 0.15) is 24.2 Å². The number of amidine groups is 1. The van der Waals surface area contributed by atoms with Crippen LogP contribution in [0, 0.1) is 0 Å². The largest absolute Gasteiger partial charge is 0.370 e. The molecular weight excluding hydrogens is 396 g/mol. The lowest BCUT2D eigenvalue weighted by Crippen LogP contribution is -2.41. The van der Waals surface area contributed by atoms with Crippen LogP contribution in [-0.4, -0.2) is 33.8 Å². The van der Waals surface area contributed by atoms with E-state index in [1.165, 1.54) is 17.3 Å². The number of anilines is 1. The summed E-state index contributed by atoms with van der Waals surface area (Å²) in [5, 5.41) is 4.37. The number of para-hydroxylation sites is 2. The predicted octanol–water partition coefficient (Wildman–Crippen LogP) is 3.15. The second-order valence-corrected chi connectivity index (χ2v) is 8.70. The van der Waals surface area contributed by atoms with Crippen LogP contribution in [0.5, 0.6) is 0 Å². The molecule has 0 saturated carbocycles. The Bertz CT molecular complexity index is 1180. The van der Waals surface area contributed by atoms with Crippen molar-refractivity contribution in [3.8, 4) is 0 Å². The average Bonchev–Trinajstić information content (AvgIpc) is 3.37. The smallest absolute Gasteiger partial charge is 0.240 e. The van der Waals surface area contributed by atoms with E-state index in [2.05, 4.69) is 21.4 Å². The molecule has 0 unspecified atom stereocenters. The molecule has 0 bridgehead atoms. The number of benzene rings is 2. The molecule has 4 N–H and O–H groups in total. The van der Waals surface area contributed by atoms with E-state index in [4.69, 9.17) is 10.7 Å². The normalized spacial score (nSPS) is 19.1. The number of aromatic amines is 1. The first-order chi connectivity index (χ1) is 14.6. The van der Waals surface area contributed by atoms with Crippen molar-refractivity contribution in [2.24, 2.45) is 15.7 Å². The third kappa shape index (κ3) is 3.33. The molecule has 0 spiro atoms.